The Kier molecular flexibility index (Phi) is 6.09. The fourth-order valence-electron chi connectivity index (χ4n) is 3.63. The second-order valence-electron chi connectivity index (χ2n) is 7.26. The van der Waals surface area contributed by atoms with Gasteiger partial charge in [0.05, 0.1) is 0 Å². The Morgan fingerprint density at radius 2 is 1.71 bits per heavy atom. The van der Waals surface area contributed by atoms with Crippen molar-refractivity contribution in [1.82, 2.24) is 15.1 Å². The average Bonchev–Trinajstić information content (AvgIpc) is 3.20. The smallest absolute Gasteiger partial charge is 0.231 e. The molecule has 1 saturated heterocycles. The van der Waals surface area contributed by atoms with Gasteiger partial charge in [0.25, 0.3) is 0 Å². The summed E-state index contributed by atoms with van der Waals surface area (Å²) in [4.78, 5) is 16.8. The zero-order valence-electron chi connectivity index (χ0n) is 16.1. The number of benzene rings is 2. The zero-order chi connectivity index (χ0) is 19.2. The van der Waals surface area contributed by atoms with Gasteiger partial charge < -0.3 is 19.7 Å². The van der Waals surface area contributed by atoms with Crippen molar-refractivity contribution >= 4 is 5.91 Å². The molecule has 6 nitrogen and oxygen atoms in total. The molecule has 0 bridgehead atoms. The van der Waals surface area contributed by atoms with E-state index in [-0.39, 0.29) is 5.91 Å². The van der Waals surface area contributed by atoms with Crippen LogP contribution < -0.4 is 14.8 Å². The molecule has 0 aliphatic carbocycles. The third-order valence-electron chi connectivity index (χ3n) is 5.26. The summed E-state index contributed by atoms with van der Waals surface area (Å²) in [6.45, 7) is 6.08. The van der Waals surface area contributed by atoms with E-state index in [2.05, 4.69) is 34.5 Å². The second kappa shape index (κ2) is 9.08. The van der Waals surface area contributed by atoms with Gasteiger partial charge >= 0.3 is 0 Å². The minimum absolute atomic E-state index is 0.239. The van der Waals surface area contributed by atoms with Crippen LogP contribution in [0.25, 0.3) is 0 Å². The summed E-state index contributed by atoms with van der Waals surface area (Å²) in [5.41, 5.74) is 2.46. The molecule has 0 unspecified atom stereocenters. The molecule has 28 heavy (non-hydrogen) atoms. The maximum atomic E-state index is 12.4. The van der Waals surface area contributed by atoms with Crippen molar-refractivity contribution in [2.75, 3.05) is 39.5 Å². The van der Waals surface area contributed by atoms with E-state index in [1.165, 1.54) is 11.1 Å². The van der Waals surface area contributed by atoms with Gasteiger partial charge in [0.1, 0.15) is 0 Å². The number of rotatable bonds is 7. The highest BCUT2D eigenvalue weighted by atomic mass is 16.7. The summed E-state index contributed by atoms with van der Waals surface area (Å²) in [6.07, 6.45) is 0.551. The van der Waals surface area contributed by atoms with Gasteiger partial charge in [-0.25, -0.2) is 0 Å². The van der Waals surface area contributed by atoms with Gasteiger partial charge in [-0.2, -0.15) is 0 Å². The molecule has 1 fully saturated rings. The van der Waals surface area contributed by atoms with Crippen molar-refractivity contribution in [2.24, 2.45) is 0 Å². The molecule has 0 atom stereocenters. The SMILES string of the molecule is O=C(CCNCc1ccccc1)N1CCN(Cc2ccc3c(c2)OCO3)CC1. The van der Waals surface area contributed by atoms with E-state index >= 15 is 0 Å². The van der Waals surface area contributed by atoms with E-state index < -0.39 is 0 Å². The van der Waals surface area contributed by atoms with E-state index in [1.54, 1.807) is 0 Å². The van der Waals surface area contributed by atoms with Crippen LogP contribution in [0.4, 0.5) is 0 Å². The normalized spacial score (nSPS) is 16.4. The number of nitrogens with zero attached hydrogens (tertiary/aromatic N) is 2. The van der Waals surface area contributed by atoms with Gasteiger partial charge in [0.15, 0.2) is 11.5 Å². The number of piperazine rings is 1. The quantitative estimate of drug-likeness (QED) is 0.746. The summed E-state index contributed by atoms with van der Waals surface area (Å²) < 4.78 is 10.8. The van der Waals surface area contributed by atoms with Crippen LogP contribution in [-0.4, -0.2) is 55.2 Å². The molecular formula is C22H27N3O3. The molecule has 2 aromatic carbocycles. The van der Waals surface area contributed by atoms with Crippen molar-refractivity contribution in [3.05, 3.63) is 59.7 Å². The van der Waals surface area contributed by atoms with Crippen molar-refractivity contribution in [1.29, 1.82) is 0 Å². The van der Waals surface area contributed by atoms with E-state index in [9.17, 15) is 4.79 Å². The largest absolute Gasteiger partial charge is 0.454 e. The van der Waals surface area contributed by atoms with Crippen LogP contribution in [0, 0.1) is 0 Å². The maximum absolute atomic E-state index is 12.4. The number of fused-ring (bicyclic) bond motifs is 1. The zero-order valence-corrected chi connectivity index (χ0v) is 16.1. The number of carbonyl (C=O) groups is 1. The molecule has 2 heterocycles. The molecule has 148 valence electrons. The van der Waals surface area contributed by atoms with Crippen molar-refractivity contribution in [3.8, 4) is 11.5 Å². The minimum Gasteiger partial charge on any atom is -0.454 e. The Hall–Kier alpha value is -2.57. The Balaban J connectivity index is 1.16. The molecule has 2 aliphatic heterocycles. The Labute approximate surface area is 166 Å². The highest BCUT2D eigenvalue weighted by Crippen LogP contribution is 2.32. The van der Waals surface area contributed by atoms with Gasteiger partial charge in [-0.3, -0.25) is 9.69 Å². The Bertz CT molecular complexity index is 789. The summed E-state index contributed by atoms with van der Waals surface area (Å²) in [6, 6.07) is 16.4. The third kappa shape index (κ3) is 4.82. The first-order valence-electron chi connectivity index (χ1n) is 9.91. The molecule has 0 saturated carbocycles. The number of ether oxygens (including phenoxy) is 2. The van der Waals surface area contributed by atoms with E-state index in [0.717, 1.165) is 50.8 Å². The highest BCUT2D eigenvalue weighted by molar-refractivity contribution is 5.76. The topological polar surface area (TPSA) is 54.0 Å². The molecule has 1 N–H and O–H groups in total. The van der Waals surface area contributed by atoms with Crippen LogP contribution in [-0.2, 0) is 17.9 Å². The summed E-state index contributed by atoms with van der Waals surface area (Å²) in [5, 5.41) is 3.35. The average molecular weight is 381 g/mol. The lowest BCUT2D eigenvalue weighted by Gasteiger charge is -2.34. The molecule has 2 aromatic rings. The van der Waals surface area contributed by atoms with Crippen LogP contribution in [0.2, 0.25) is 0 Å². The highest BCUT2D eigenvalue weighted by Gasteiger charge is 2.21. The lowest BCUT2D eigenvalue weighted by Crippen LogP contribution is -2.48. The van der Waals surface area contributed by atoms with Crippen LogP contribution in [0.5, 0.6) is 11.5 Å². The fraction of sp³-hybridized carbons (Fsp3) is 0.409. The standard InChI is InChI=1S/C22H27N3O3/c26-22(8-9-23-15-18-4-2-1-3-5-18)25-12-10-24(11-13-25)16-19-6-7-20-21(14-19)28-17-27-20/h1-7,14,23H,8-13,15-17H2. The van der Waals surface area contributed by atoms with Gasteiger partial charge in [0.2, 0.25) is 12.7 Å². The molecule has 0 spiro atoms. The van der Waals surface area contributed by atoms with Crippen molar-refractivity contribution in [3.63, 3.8) is 0 Å². The minimum atomic E-state index is 0.239. The first-order chi connectivity index (χ1) is 13.8. The number of nitrogens with one attached hydrogen (secondary N) is 1. The lowest BCUT2D eigenvalue weighted by molar-refractivity contribution is -0.132. The number of hydrogen-bond donors (Lipinski definition) is 1. The molecule has 6 heteroatoms. The van der Waals surface area contributed by atoms with Crippen molar-refractivity contribution < 1.29 is 14.3 Å². The van der Waals surface area contributed by atoms with E-state index in [1.807, 2.05) is 29.2 Å². The lowest BCUT2D eigenvalue weighted by atomic mass is 10.1. The number of hydrogen-bond acceptors (Lipinski definition) is 5. The molecular weight excluding hydrogens is 354 g/mol. The molecule has 2 aliphatic rings. The number of carbonyl (C=O) groups excluding carboxylic acids is 1. The predicted molar refractivity (Wildman–Crippen MR) is 107 cm³/mol. The predicted octanol–water partition coefficient (Wildman–Crippen LogP) is 2.24. The van der Waals surface area contributed by atoms with Crippen LogP contribution in [0.1, 0.15) is 17.5 Å². The van der Waals surface area contributed by atoms with Crippen LogP contribution in [0.15, 0.2) is 48.5 Å². The summed E-state index contributed by atoms with van der Waals surface area (Å²) >= 11 is 0. The van der Waals surface area contributed by atoms with Gasteiger partial charge in [-0.15, -0.1) is 0 Å². The van der Waals surface area contributed by atoms with Crippen molar-refractivity contribution in [2.45, 2.75) is 19.5 Å². The van der Waals surface area contributed by atoms with Gasteiger partial charge in [0, 0.05) is 52.2 Å². The first-order valence-corrected chi connectivity index (χ1v) is 9.91. The third-order valence-corrected chi connectivity index (χ3v) is 5.26. The summed E-state index contributed by atoms with van der Waals surface area (Å²) in [7, 11) is 0. The maximum Gasteiger partial charge on any atom is 0.231 e. The van der Waals surface area contributed by atoms with E-state index in [4.69, 9.17) is 9.47 Å². The molecule has 4 rings (SSSR count). The van der Waals surface area contributed by atoms with E-state index in [0.29, 0.717) is 19.8 Å². The molecule has 1 amide bonds. The second-order valence-corrected chi connectivity index (χ2v) is 7.26. The van der Waals surface area contributed by atoms with Gasteiger partial charge in [-0.05, 0) is 23.3 Å². The van der Waals surface area contributed by atoms with Crippen LogP contribution in [0.3, 0.4) is 0 Å². The molecule has 0 aromatic heterocycles. The summed E-state index contributed by atoms with van der Waals surface area (Å²) in [5.74, 6) is 1.89. The Morgan fingerprint density at radius 1 is 0.929 bits per heavy atom. The number of amides is 1. The van der Waals surface area contributed by atoms with Crippen LogP contribution >= 0.6 is 0 Å². The Morgan fingerprint density at radius 3 is 2.54 bits per heavy atom. The fourth-order valence-corrected chi connectivity index (χ4v) is 3.63. The first kappa shape index (κ1) is 18.8. The molecule has 0 radical (unpaired) electrons. The van der Waals surface area contributed by atoms with Gasteiger partial charge in [-0.1, -0.05) is 36.4 Å². The monoisotopic (exact) mass is 381 g/mol.